The number of rotatable bonds is 6. The van der Waals surface area contributed by atoms with E-state index in [1.807, 2.05) is 6.20 Å². The Morgan fingerprint density at radius 1 is 1.19 bits per heavy atom. The molecule has 2 unspecified atom stereocenters. The Bertz CT molecular complexity index is 1020. The summed E-state index contributed by atoms with van der Waals surface area (Å²) in [6.45, 7) is 0. The first-order valence-electron chi connectivity index (χ1n) is 11.3. The maximum Gasteiger partial charge on any atom is 0.416 e. The number of aromatic nitrogens is 1. The summed E-state index contributed by atoms with van der Waals surface area (Å²) in [5, 5.41) is 0. The summed E-state index contributed by atoms with van der Waals surface area (Å²) in [5.74, 6) is -0.162. The monoisotopic (exact) mass is 449 g/mol. The summed E-state index contributed by atoms with van der Waals surface area (Å²) in [6.07, 6.45) is 8.15. The average molecular weight is 450 g/mol. The Kier molecular flexibility index (Phi) is 6.77. The van der Waals surface area contributed by atoms with Gasteiger partial charge in [0.25, 0.3) is 0 Å². The van der Waals surface area contributed by atoms with E-state index in [1.54, 1.807) is 0 Å². The van der Waals surface area contributed by atoms with E-state index in [0.717, 1.165) is 62.4 Å². The van der Waals surface area contributed by atoms with Gasteiger partial charge in [0.2, 0.25) is 0 Å². The molecular weight excluding hydrogens is 418 g/mol. The zero-order valence-electron chi connectivity index (χ0n) is 17.9. The van der Waals surface area contributed by atoms with E-state index in [9.17, 15) is 22.4 Å². The molecule has 174 valence electrons. The average Bonchev–Trinajstić information content (AvgIpc) is 2.77. The van der Waals surface area contributed by atoms with E-state index in [4.69, 9.17) is 0 Å². The molecular formula is C26H31F4NO. The third kappa shape index (κ3) is 5.28. The fourth-order valence-corrected chi connectivity index (χ4v) is 5.07. The fraction of sp³-hybridized carbons (Fsp3) is 0.462. The SMILES string of the molecule is O=C(CCc1cc(C(F)(F)F)ccc1F)CC1CCCC(c2nccc3c2C=CCC3)C1.[HH].[HH]. The van der Waals surface area contributed by atoms with Crippen LogP contribution in [0.4, 0.5) is 17.6 Å². The van der Waals surface area contributed by atoms with Crippen molar-refractivity contribution in [1.82, 2.24) is 4.98 Å². The predicted octanol–water partition coefficient (Wildman–Crippen LogP) is 7.56. The van der Waals surface area contributed by atoms with Gasteiger partial charge in [-0.3, -0.25) is 9.78 Å². The van der Waals surface area contributed by atoms with Crippen molar-refractivity contribution >= 4 is 11.9 Å². The summed E-state index contributed by atoms with van der Waals surface area (Å²) in [4.78, 5) is 17.3. The molecule has 0 N–H and O–H groups in total. The van der Waals surface area contributed by atoms with E-state index in [-0.39, 0.29) is 33.0 Å². The number of halogens is 4. The Morgan fingerprint density at radius 3 is 2.84 bits per heavy atom. The summed E-state index contributed by atoms with van der Waals surface area (Å²) in [6, 6.07) is 4.46. The van der Waals surface area contributed by atoms with Gasteiger partial charge in [0.1, 0.15) is 11.6 Å². The summed E-state index contributed by atoms with van der Waals surface area (Å²) in [7, 11) is 0. The molecule has 0 aliphatic heterocycles. The minimum atomic E-state index is -4.52. The Hall–Kier alpha value is -2.50. The molecule has 0 radical (unpaired) electrons. The number of allylic oxidation sites excluding steroid dienone is 1. The van der Waals surface area contributed by atoms with Crippen molar-refractivity contribution in [3.05, 3.63) is 70.3 Å². The highest BCUT2D eigenvalue weighted by Crippen LogP contribution is 2.40. The van der Waals surface area contributed by atoms with Gasteiger partial charge in [0.05, 0.1) is 11.3 Å². The number of alkyl halides is 3. The van der Waals surface area contributed by atoms with Crippen molar-refractivity contribution in [3.63, 3.8) is 0 Å². The van der Waals surface area contributed by atoms with Gasteiger partial charge in [-0.15, -0.1) is 0 Å². The number of hydrogen-bond acceptors (Lipinski definition) is 2. The van der Waals surface area contributed by atoms with Crippen LogP contribution in [0.25, 0.3) is 6.08 Å². The Labute approximate surface area is 188 Å². The second kappa shape index (κ2) is 9.55. The molecule has 1 aromatic heterocycles. The highest BCUT2D eigenvalue weighted by atomic mass is 19.4. The maximum absolute atomic E-state index is 14.0. The van der Waals surface area contributed by atoms with Crippen LogP contribution in [0.5, 0.6) is 0 Å². The maximum atomic E-state index is 14.0. The zero-order chi connectivity index (χ0) is 22.7. The molecule has 2 aromatic rings. The molecule has 1 saturated carbocycles. The Balaban J connectivity index is 0.00000204. The smallest absolute Gasteiger partial charge is 0.300 e. The van der Waals surface area contributed by atoms with Gasteiger partial charge >= 0.3 is 6.18 Å². The number of ketones is 1. The van der Waals surface area contributed by atoms with Crippen LogP contribution in [0.2, 0.25) is 0 Å². The molecule has 4 rings (SSSR count). The molecule has 1 heterocycles. The number of fused-ring (bicyclic) bond motifs is 1. The van der Waals surface area contributed by atoms with Crippen molar-refractivity contribution in [2.24, 2.45) is 5.92 Å². The van der Waals surface area contributed by atoms with Gasteiger partial charge in [0.15, 0.2) is 0 Å². The van der Waals surface area contributed by atoms with Crippen LogP contribution in [0.3, 0.4) is 0 Å². The van der Waals surface area contributed by atoms with Gasteiger partial charge in [-0.2, -0.15) is 13.2 Å². The molecule has 32 heavy (non-hydrogen) atoms. The predicted molar refractivity (Wildman–Crippen MR) is 120 cm³/mol. The minimum absolute atomic E-state index is 0. The number of benzene rings is 1. The van der Waals surface area contributed by atoms with Crippen LogP contribution in [-0.2, 0) is 23.8 Å². The number of pyridine rings is 1. The van der Waals surface area contributed by atoms with E-state index in [0.29, 0.717) is 12.3 Å². The van der Waals surface area contributed by atoms with Crippen LogP contribution in [0.15, 0.2) is 36.5 Å². The lowest BCUT2D eigenvalue weighted by atomic mass is 9.75. The van der Waals surface area contributed by atoms with Crippen molar-refractivity contribution in [2.45, 2.75) is 69.9 Å². The quantitative estimate of drug-likeness (QED) is 0.426. The number of hydrogen-bond donors (Lipinski definition) is 0. The lowest BCUT2D eigenvalue weighted by Gasteiger charge is -2.30. The molecule has 0 bridgehead atoms. The third-order valence-corrected chi connectivity index (χ3v) is 6.71. The lowest BCUT2D eigenvalue weighted by molar-refractivity contribution is -0.137. The molecule has 1 fully saturated rings. The summed E-state index contributed by atoms with van der Waals surface area (Å²) in [5.41, 5.74) is 2.75. The van der Waals surface area contributed by atoms with Gasteiger partial charge in [-0.05, 0) is 85.4 Å². The minimum Gasteiger partial charge on any atom is -0.300 e. The molecule has 2 nitrogen and oxygen atoms in total. The van der Waals surface area contributed by atoms with Gasteiger partial charge in [0, 0.05) is 27.8 Å². The first kappa shape index (κ1) is 22.7. The second-order valence-electron chi connectivity index (χ2n) is 8.99. The second-order valence-corrected chi connectivity index (χ2v) is 8.99. The standard InChI is InChI=1S/C26H27F4NO.2H2/c27-24-11-9-21(26(28,29)30)16-19(24)8-10-22(32)15-17-4-3-6-20(14-17)25-23-7-2-1-5-18(23)12-13-31-25;;/h2,7,9,11-13,16-17,20H,1,3-6,8,10,14-15H2;2*1H. The Morgan fingerprint density at radius 2 is 2.03 bits per heavy atom. The van der Waals surface area contributed by atoms with Crippen LogP contribution in [0.1, 0.15) is 81.7 Å². The van der Waals surface area contributed by atoms with E-state index in [1.165, 1.54) is 11.1 Å². The molecule has 1 aromatic carbocycles. The fourth-order valence-electron chi connectivity index (χ4n) is 5.07. The summed E-state index contributed by atoms with van der Waals surface area (Å²) < 4.78 is 52.6. The topological polar surface area (TPSA) is 30.0 Å². The molecule has 0 saturated heterocycles. The van der Waals surface area contributed by atoms with Gasteiger partial charge < -0.3 is 0 Å². The van der Waals surface area contributed by atoms with Crippen LogP contribution in [-0.4, -0.2) is 10.8 Å². The molecule has 2 atom stereocenters. The molecule has 2 aliphatic rings. The van der Waals surface area contributed by atoms with Crippen LogP contribution < -0.4 is 0 Å². The van der Waals surface area contributed by atoms with Gasteiger partial charge in [-0.25, -0.2) is 4.39 Å². The van der Waals surface area contributed by atoms with Gasteiger partial charge in [-0.1, -0.05) is 18.6 Å². The molecule has 2 aliphatic carbocycles. The first-order chi connectivity index (χ1) is 15.3. The van der Waals surface area contributed by atoms with Crippen molar-refractivity contribution in [1.29, 1.82) is 0 Å². The number of nitrogens with zero attached hydrogens (tertiary/aromatic N) is 1. The van der Waals surface area contributed by atoms with E-state index >= 15 is 0 Å². The zero-order valence-corrected chi connectivity index (χ0v) is 17.9. The first-order valence-corrected chi connectivity index (χ1v) is 11.3. The van der Waals surface area contributed by atoms with Crippen molar-refractivity contribution in [3.8, 4) is 0 Å². The van der Waals surface area contributed by atoms with Crippen molar-refractivity contribution in [2.75, 3.05) is 0 Å². The third-order valence-electron chi connectivity index (χ3n) is 6.71. The lowest BCUT2D eigenvalue weighted by Crippen LogP contribution is -2.19. The number of carbonyl (C=O) groups excluding carboxylic acids is 1. The highest BCUT2D eigenvalue weighted by Gasteiger charge is 2.31. The van der Waals surface area contributed by atoms with Crippen molar-refractivity contribution < 1.29 is 25.2 Å². The molecule has 0 spiro atoms. The summed E-state index contributed by atoms with van der Waals surface area (Å²) >= 11 is 0. The normalized spacial score (nSPS) is 20.8. The number of Topliss-reactive ketones (excluding diaryl/α,β-unsaturated/α-hetero) is 1. The van der Waals surface area contributed by atoms with Crippen LogP contribution >= 0.6 is 0 Å². The number of aryl methyl sites for hydroxylation is 2. The van der Waals surface area contributed by atoms with E-state index < -0.39 is 17.6 Å². The molecule has 6 heteroatoms. The largest absolute Gasteiger partial charge is 0.416 e. The van der Waals surface area contributed by atoms with E-state index in [2.05, 4.69) is 23.2 Å². The number of carbonyl (C=O) groups is 1. The molecule has 0 amide bonds. The van der Waals surface area contributed by atoms with Crippen LogP contribution in [0, 0.1) is 11.7 Å². The highest BCUT2D eigenvalue weighted by molar-refractivity contribution is 5.79.